The van der Waals surface area contributed by atoms with Crippen molar-refractivity contribution in [2.24, 2.45) is 0 Å². The second-order valence-electron chi connectivity index (χ2n) is 5.79. The number of pyridine rings is 1. The number of aryl methyl sites for hydroxylation is 1. The fourth-order valence-electron chi connectivity index (χ4n) is 2.50. The SMILES string of the molecule is Cc1ccc2cc(CSc3nnc(Nc4ccccc4)s3)c(Cl)nc2c1. The zero-order valence-corrected chi connectivity index (χ0v) is 16.3. The molecule has 0 spiro atoms. The van der Waals surface area contributed by atoms with Crippen LogP contribution < -0.4 is 5.32 Å². The Hall–Kier alpha value is -2.15. The molecule has 2 aromatic carbocycles. The highest BCUT2D eigenvalue weighted by atomic mass is 35.5. The van der Waals surface area contributed by atoms with E-state index in [1.165, 1.54) is 16.9 Å². The second-order valence-corrected chi connectivity index (χ2v) is 8.35. The van der Waals surface area contributed by atoms with Crippen LogP contribution in [0.5, 0.6) is 0 Å². The van der Waals surface area contributed by atoms with Crippen LogP contribution in [-0.4, -0.2) is 15.2 Å². The Balaban J connectivity index is 1.46. The van der Waals surface area contributed by atoms with Gasteiger partial charge in [0, 0.05) is 22.4 Å². The van der Waals surface area contributed by atoms with Crippen LogP contribution in [0.1, 0.15) is 11.1 Å². The molecule has 0 bridgehead atoms. The number of anilines is 2. The summed E-state index contributed by atoms with van der Waals surface area (Å²) >= 11 is 9.50. The zero-order valence-electron chi connectivity index (χ0n) is 13.9. The van der Waals surface area contributed by atoms with Gasteiger partial charge in [0.1, 0.15) is 5.15 Å². The first-order chi connectivity index (χ1) is 12.7. The van der Waals surface area contributed by atoms with Crippen molar-refractivity contribution < 1.29 is 0 Å². The van der Waals surface area contributed by atoms with Gasteiger partial charge in [0.2, 0.25) is 5.13 Å². The predicted octanol–water partition coefficient (Wildman–Crippen LogP) is 6.08. The molecule has 2 aromatic heterocycles. The lowest BCUT2D eigenvalue weighted by atomic mass is 10.1. The number of aromatic nitrogens is 3. The fraction of sp³-hybridized carbons (Fsp3) is 0.105. The Labute approximate surface area is 164 Å². The third-order valence-electron chi connectivity index (χ3n) is 3.78. The summed E-state index contributed by atoms with van der Waals surface area (Å²) in [5, 5.41) is 14.1. The van der Waals surface area contributed by atoms with Crippen LogP contribution in [0.15, 0.2) is 58.9 Å². The largest absolute Gasteiger partial charge is 0.330 e. The van der Waals surface area contributed by atoms with Crippen LogP contribution >= 0.6 is 34.7 Å². The minimum Gasteiger partial charge on any atom is -0.330 e. The number of para-hydroxylation sites is 1. The molecule has 130 valence electrons. The summed E-state index contributed by atoms with van der Waals surface area (Å²) in [6.45, 7) is 2.05. The molecule has 0 unspecified atom stereocenters. The molecule has 4 aromatic rings. The molecule has 2 heterocycles. The molecule has 0 radical (unpaired) electrons. The lowest BCUT2D eigenvalue weighted by Gasteiger charge is -2.05. The van der Waals surface area contributed by atoms with Crippen molar-refractivity contribution >= 4 is 56.4 Å². The molecule has 0 fully saturated rings. The first-order valence-corrected chi connectivity index (χ1v) is 10.2. The first-order valence-electron chi connectivity index (χ1n) is 8.01. The normalized spacial score (nSPS) is 11.0. The lowest BCUT2D eigenvalue weighted by Crippen LogP contribution is -1.89. The van der Waals surface area contributed by atoms with Gasteiger partial charge in [0.05, 0.1) is 5.52 Å². The summed E-state index contributed by atoms with van der Waals surface area (Å²) < 4.78 is 0.892. The monoisotopic (exact) mass is 398 g/mol. The van der Waals surface area contributed by atoms with Crippen LogP contribution in [0.4, 0.5) is 10.8 Å². The molecule has 7 heteroatoms. The van der Waals surface area contributed by atoms with Crippen LogP contribution in [0.25, 0.3) is 10.9 Å². The van der Waals surface area contributed by atoms with Crippen molar-refractivity contribution in [1.82, 2.24) is 15.2 Å². The Kier molecular flexibility index (Phi) is 5.06. The van der Waals surface area contributed by atoms with Crippen LogP contribution in [0.3, 0.4) is 0 Å². The van der Waals surface area contributed by atoms with Crippen molar-refractivity contribution in [2.75, 3.05) is 5.32 Å². The Morgan fingerprint density at radius 1 is 1.08 bits per heavy atom. The molecule has 0 aliphatic heterocycles. The summed E-state index contributed by atoms with van der Waals surface area (Å²) in [4.78, 5) is 4.52. The number of thioether (sulfide) groups is 1. The van der Waals surface area contributed by atoms with Crippen molar-refractivity contribution in [2.45, 2.75) is 17.0 Å². The molecule has 1 N–H and O–H groups in total. The first kappa shape index (κ1) is 17.3. The van der Waals surface area contributed by atoms with E-state index in [1.807, 2.05) is 36.4 Å². The summed E-state index contributed by atoms with van der Waals surface area (Å²) in [5.74, 6) is 0.704. The molecule has 0 aliphatic carbocycles. The zero-order chi connectivity index (χ0) is 17.9. The number of nitrogens with zero attached hydrogens (tertiary/aromatic N) is 3. The Morgan fingerprint density at radius 3 is 2.77 bits per heavy atom. The van der Waals surface area contributed by atoms with E-state index < -0.39 is 0 Å². The summed E-state index contributed by atoms with van der Waals surface area (Å²) in [6, 6.07) is 18.2. The third-order valence-corrected chi connectivity index (χ3v) is 6.13. The van der Waals surface area contributed by atoms with Gasteiger partial charge in [-0.15, -0.1) is 10.2 Å². The average Bonchev–Trinajstić information content (AvgIpc) is 3.08. The standard InChI is InChI=1S/C19H15ClN4S2/c1-12-7-8-13-10-14(17(20)22-16(13)9-12)11-25-19-24-23-18(26-19)21-15-5-3-2-4-6-15/h2-10H,11H2,1H3,(H,21,23). The lowest BCUT2D eigenvalue weighted by molar-refractivity contribution is 1.01. The van der Waals surface area contributed by atoms with Gasteiger partial charge in [0.25, 0.3) is 0 Å². The van der Waals surface area contributed by atoms with E-state index in [9.17, 15) is 0 Å². The van der Waals surface area contributed by atoms with Gasteiger partial charge < -0.3 is 5.32 Å². The number of hydrogen-bond acceptors (Lipinski definition) is 6. The van der Waals surface area contributed by atoms with E-state index in [4.69, 9.17) is 11.6 Å². The molecule has 26 heavy (non-hydrogen) atoms. The second kappa shape index (κ2) is 7.61. The number of fused-ring (bicyclic) bond motifs is 1. The average molecular weight is 399 g/mol. The molecule has 0 amide bonds. The van der Waals surface area contributed by atoms with Gasteiger partial charge >= 0.3 is 0 Å². The Morgan fingerprint density at radius 2 is 1.92 bits per heavy atom. The molecule has 4 nitrogen and oxygen atoms in total. The predicted molar refractivity (Wildman–Crippen MR) is 111 cm³/mol. The van der Waals surface area contributed by atoms with Gasteiger partial charge in [-0.05, 0) is 36.8 Å². The maximum atomic E-state index is 6.36. The molecule has 0 atom stereocenters. The number of halogens is 1. The maximum absolute atomic E-state index is 6.36. The molecule has 0 aliphatic rings. The fourth-order valence-corrected chi connectivity index (χ4v) is 4.54. The quantitative estimate of drug-likeness (QED) is 0.326. The summed E-state index contributed by atoms with van der Waals surface area (Å²) in [5.41, 5.74) is 4.10. The Bertz CT molecular complexity index is 1050. The molecular weight excluding hydrogens is 384 g/mol. The van der Waals surface area contributed by atoms with E-state index in [1.54, 1.807) is 11.8 Å². The third kappa shape index (κ3) is 3.98. The van der Waals surface area contributed by atoms with Gasteiger partial charge in [0.15, 0.2) is 4.34 Å². The maximum Gasteiger partial charge on any atom is 0.210 e. The van der Waals surface area contributed by atoms with Gasteiger partial charge in [-0.25, -0.2) is 4.98 Å². The number of rotatable bonds is 5. The van der Waals surface area contributed by atoms with E-state index in [0.717, 1.165) is 31.6 Å². The van der Waals surface area contributed by atoms with Crippen LogP contribution in [0.2, 0.25) is 5.15 Å². The molecule has 4 rings (SSSR count). The van der Waals surface area contributed by atoms with Crippen LogP contribution in [-0.2, 0) is 5.75 Å². The highest BCUT2D eigenvalue weighted by molar-refractivity contribution is 8.00. The highest BCUT2D eigenvalue weighted by Gasteiger charge is 2.09. The summed E-state index contributed by atoms with van der Waals surface area (Å²) in [7, 11) is 0. The highest BCUT2D eigenvalue weighted by Crippen LogP contribution is 2.32. The smallest absolute Gasteiger partial charge is 0.210 e. The van der Waals surface area contributed by atoms with Crippen LogP contribution in [0, 0.1) is 6.92 Å². The molecule has 0 saturated carbocycles. The van der Waals surface area contributed by atoms with Crippen molar-refractivity contribution in [3.8, 4) is 0 Å². The van der Waals surface area contributed by atoms with Crippen molar-refractivity contribution in [3.05, 3.63) is 70.9 Å². The van der Waals surface area contributed by atoms with E-state index >= 15 is 0 Å². The molecule has 0 saturated heterocycles. The van der Waals surface area contributed by atoms with Crippen molar-refractivity contribution in [1.29, 1.82) is 0 Å². The molecular formula is C19H15ClN4S2. The van der Waals surface area contributed by atoms with E-state index in [2.05, 4.69) is 45.6 Å². The van der Waals surface area contributed by atoms with Gasteiger partial charge in [-0.3, -0.25) is 0 Å². The minimum atomic E-state index is 0.544. The number of hydrogen-bond donors (Lipinski definition) is 1. The topological polar surface area (TPSA) is 50.7 Å². The number of benzene rings is 2. The van der Waals surface area contributed by atoms with Gasteiger partial charge in [-0.1, -0.05) is 65.0 Å². The van der Waals surface area contributed by atoms with Gasteiger partial charge in [-0.2, -0.15) is 0 Å². The summed E-state index contributed by atoms with van der Waals surface area (Å²) in [6.07, 6.45) is 0. The van der Waals surface area contributed by atoms with E-state index in [0.29, 0.717) is 10.9 Å². The minimum absolute atomic E-state index is 0.544. The number of nitrogens with one attached hydrogen (secondary N) is 1. The van der Waals surface area contributed by atoms with E-state index in [-0.39, 0.29) is 0 Å². The van der Waals surface area contributed by atoms with Crippen molar-refractivity contribution in [3.63, 3.8) is 0 Å².